The molecule has 1 fully saturated rings. The molecule has 0 spiro atoms. The van der Waals surface area contributed by atoms with Crippen molar-refractivity contribution >= 4 is 34.6 Å². The SMILES string of the molecule is C#Cc1nc(-c2cc(C(O)C(=C)SCC=N)ccc2F)c2ccc(N3CCOCC3)cc2n1. The van der Waals surface area contributed by atoms with Crippen molar-refractivity contribution in [2.45, 2.75) is 6.10 Å². The highest BCUT2D eigenvalue weighted by molar-refractivity contribution is 8.03. The maximum absolute atomic E-state index is 15.0. The van der Waals surface area contributed by atoms with E-state index in [0.717, 1.165) is 18.8 Å². The highest BCUT2D eigenvalue weighted by Crippen LogP contribution is 2.35. The minimum absolute atomic E-state index is 0.160. The number of nitrogens with one attached hydrogen (secondary N) is 1. The summed E-state index contributed by atoms with van der Waals surface area (Å²) in [6.07, 6.45) is 5.83. The van der Waals surface area contributed by atoms with Gasteiger partial charge in [0.1, 0.15) is 11.9 Å². The van der Waals surface area contributed by atoms with Gasteiger partial charge in [0.05, 0.1) is 24.4 Å². The molecule has 1 aromatic heterocycles. The molecule has 168 valence electrons. The number of aliphatic hydroxyl groups is 1. The molecule has 2 heterocycles. The van der Waals surface area contributed by atoms with Gasteiger partial charge in [0.25, 0.3) is 0 Å². The Morgan fingerprint density at radius 2 is 2.09 bits per heavy atom. The van der Waals surface area contributed by atoms with Gasteiger partial charge in [-0.2, -0.15) is 0 Å². The zero-order chi connectivity index (χ0) is 23.4. The molecule has 4 rings (SSSR count). The van der Waals surface area contributed by atoms with E-state index in [-0.39, 0.29) is 11.4 Å². The fourth-order valence-corrected chi connectivity index (χ4v) is 4.31. The number of hydrogen-bond acceptors (Lipinski definition) is 7. The third kappa shape index (κ3) is 4.91. The monoisotopic (exact) mass is 462 g/mol. The predicted molar refractivity (Wildman–Crippen MR) is 131 cm³/mol. The summed E-state index contributed by atoms with van der Waals surface area (Å²) in [5.41, 5.74) is 2.67. The van der Waals surface area contributed by atoms with Gasteiger partial charge in [-0.15, -0.1) is 18.2 Å². The zero-order valence-electron chi connectivity index (χ0n) is 17.9. The zero-order valence-corrected chi connectivity index (χ0v) is 18.7. The average molecular weight is 463 g/mol. The van der Waals surface area contributed by atoms with Crippen LogP contribution in [0.4, 0.5) is 10.1 Å². The van der Waals surface area contributed by atoms with Gasteiger partial charge in [0.15, 0.2) is 0 Å². The van der Waals surface area contributed by atoms with E-state index in [9.17, 15) is 9.50 Å². The van der Waals surface area contributed by atoms with E-state index < -0.39 is 11.9 Å². The number of halogens is 1. The molecule has 33 heavy (non-hydrogen) atoms. The number of terminal acetylenes is 1. The molecular formula is C25H23FN4O2S. The normalized spacial score (nSPS) is 14.6. The molecule has 1 saturated heterocycles. The minimum Gasteiger partial charge on any atom is -0.383 e. The number of hydrogen-bond donors (Lipinski definition) is 2. The van der Waals surface area contributed by atoms with Crippen molar-refractivity contribution in [3.63, 3.8) is 0 Å². The second-order valence-corrected chi connectivity index (χ2v) is 8.61. The van der Waals surface area contributed by atoms with Crippen LogP contribution in [0.3, 0.4) is 0 Å². The Hall–Kier alpha value is -3.25. The standard InChI is InChI=1S/C25H23FN4O2S/c1-3-23-28-22-15-18(30-9-11-32-12-10-30)5-6-19(22)24(29-23)20-14-17(4-7-21(20)26)25(31)16(2)33-13-8-27/h1,4-8,14-15,25,27,31H,2,9-13H2. The van der Waals surface area contributed by atoms with Crippen LogP contribution in [0.15, 0.2) is 47.9 Å². The summed E-state index contributed by atoms with van der Waals surface area (Å²) in [5, 5.41) is 18.5. The third-order valence-electron chi connectivity index (χ3n) is 5.40. The molecule has 0 bridgehead atoms. The molecule has 3 aromatic rings. The topological polar surface area (TPSA) is 82.3 Å². The van der Waals surface area contributed by atoms with E-state index in [1.807, 2.05) is 18.2 Å². The summed E-state index contributed by atoms with van der Waals surface area (Å²) in [7, 11) is 0. The van der Waals surface area contributed by atoms with Crippen molar-refractivity contribution in [1.82, 2.24) is 9.97 Å². The van der Waals surface area contributed by atoms with Crippen LogP contribution >= 0.6 is 11.8 Å². The van der Waals surface area contributed by atoms with E-state index in [2.05, 4.69) is 27.4 Å². The first-order valence-electron chi connectivity index (χ1n) is 10.4. The van der Waals surface area contributed by atoms with Crippen molar-refractivity contribution in [2.24, 2.45) is 0 Å². The second-order valence-electron chi connectivity index (χ2n) is 7.46. The van der Waals surface area contributed by atoms with E-state index >= 15 is 0 Å². The summed E-state index contributed by atoms with van der Waals surface area (Å²) in [6.45, 7) is 6.75. The van der Waals surface area contributed by atoms with Gasteiger partial charge in [0.2, 0.25) is 5.82 Å². The lowest BCUT2D eigenvalue weighted by atomic mass is 10.00. The van der Waals surface area contributed by atoms with Gasteiger partial charge >= 0.3 is 0 Å². The highest BCUT2D eigenvalue weighted by Gasteiger charge is 2.19. The van der Waals surface area contributed by atoms with Crippen LogP contribution in [0.1, 0.15) is 17.5 Å². The summed E-state index contributed by atoms with van der Waals surface area (Å²) in [4.78, 5) is 11.6. The van der Waals surface area contributed by atoms with Crippen molar-refractivity contribution in [3.05, 3.63) is 65.1 Å². The third-order valence-corrected chi connectivity index (χ3v) is 6.33. The Morgan fingerprint density at radius 3 is 2.82 bits per heavy atom. The molecule has 1 atom stereocenters. The number of aliphatic hydroxyl groups excluding tert-OH is 1. The summed E-state index contributed by atoms with van der Waals surface area (Å²) in [5.74, 6) is 2.54. The van der Waals surface area contributed by atoms with E-state index in [4.69, 9.17) is 16.6 Å². The van der Waals surface area contributed by atoms with Crippen molar-refractivity contribution in [3.8, 4) is 23.6 Å². The quantitative estimate of drug-likeness (QED) is 0.405. The lowest BCUT2D eigenvalue weighted by Crippen LogP contribution is -2.36. The van der Waals surface area contributed by atoms with Crippen LogP contribution in [0, 0.1) is 23.6 Å². The number of aromatic nitrogens is 2. The number of benzene rings is 2. The van der Waals surface area contributed by atoms with Crippen LogP contribution in [0.5, 0.6) is 0 Å². The smallest absolute Gasteiger partial charge is 0.205 e. The lowest BCUT2D eigenvalue weighted by molar-refractivity contribution is 0.122. The van der Waals surface area contributed by atoms with Gasteiger partial charge in [-0.25, -0.2) is 14.4 Å². The first-order chi connectivity index (χ1) is 16.0. The van der Waals surface area contributed by atoms with Gasteiger partial charge in [-0.05, 0) is 41.8 Å². The molecule has 2 N–H and O–H groups in total. The Morgan fingerprint density at radius 1 is 1.30 bits per heavy atom. The van der Waals surface area contributed by atoms with E-state index in [1.54, 1.807) is 6.07 Å². The highest BCUT2D eigenvalue weighted by atomic mass is 32.2. The molecule has 8 heteroatoms. The molecule has 1 aliphatic rings. The molecule has 6 nitrogen and oxygen atoms in total. The maximum Gasteiger partial charge on any atom is 0.205 e. The fraction of sp³-hybridized carbons (Fsp3) is 0.240. The van der Waals surface area contributed by atoms with Crippen LogP contribution in [-0.2, 0) is 4.74 Å². The average Bonchev–Trinajstić information content (AvgIpc) is 2.86. The maximum atomic E-state index is 15.0. The van der Waals surface area contributed by atoms with Crippen LogP contribution in [0.25, 0.3) is 22.2 Å². The molecular weight excluding hydrogens is 439 g/mol. The predicted octanol–water partition coefficient (Wildman–Crippen LogP) is 4.18. The van der Waals surface area contributed by atoms with Crippen LogP contribution < -0.4 is 4.90 Å². The molecule has 2 aromatic carbocycles. The molecule has 0 amide bonds. The van der Waals surface area contributed by atoms with Crippen molar-refractivity contribution in [2.75, 3.05) is 37.0 Å². The van der Waals surface area contributed by atoms with Crippen LogP contribution in [-0.4, -0.2) is 53.3 Å². The number of nitrogens with zero attached hydrogens (tertiary/aromatic N) is 3. The lowest BCUT2D eigenvalue weighted by Gasteiger charge is -2.29. The number of thioether (sulfide) groups is 1. The molecule has 0 radical (unpaired) electrons. The molecule has 1 unspecified atom stereocenters. The number of morpholine rings is 1. The van der Waals surface area contributed by atoms with Gasteiger partial charge in [-0.1, -0.05) is 12.6 Å². The first-order valence-corrected chi connectivity index (χ1v) is 11.4. The van der Waals surface area contributed by atoms with E-state index in [0.29, 0.717) is 46.0 Å². The molecule has 0 saturated carbocycles. The largest absolute Gasteiger partial charge is 0.383 e. The summed E-state index contributed by atoms with van der Waals surface area (Å²) < 4.78 is 20.4. The summed E-state index contributed by atoms with van der Waals surface area (Å²) >= 11 is 1.26. The van der Waals surface area contributed by atoms with Crippen molar-refractivity contribution in [1.29, 1.82) is 5.41 Å². The molecule has 0 aliphatic carbocycles. The van der Waals surface area contributed by atoms with Gasteiger partial charge in [0, 0.05) is 46.6 Å². The van der Waals surface area contributed by atoms with Crippen LogP contribution in [0.2, 0.25) is 0 Å². The Labute approximate surface area is 196 Å². The van der Waals surface area contributed by atoms with Crippen molar-refractivity contribution < 1.29 is 14.2 Å². The van der Waals surface area contributed by atoms with E-state index in [1.165, 1.54) is 30.1 Å². The first kappa shape index (κ1) is 22.9. The number of fused-ring (bicyclic) bond motifs is 1. The minimum atomic E-state index is -1.01. The second kappa shape index (κ2) is 10.1. The number of anilines is 1. The number of rotatable bonds is 7. The van der Waals surface area contributed by atoms with Gasteiger partial charge < -0.3 is 20.2 Å². The Balaban J connectivity index is 1.79. The Bertz CT molecular complexity index is 1250. The number of ether oxygens (including phenoxy) is 1. The fourth-order valence-electron chi connectivity index (χ4n) is 3.71. The Kier molecular flexibility index (Phi) is 7.04. The molecule has 1 aliphatic heterocycles. The summed E-state index contributed by atoms with van der Waals surface area (Å²) in [6, 6.07) is 10.1. The van der Waals surface area contributed by atoms with Gasteiger partial charge in [-0.3, -0.25) is 0 Å².